The molecule has 5 rings (SSSR count). The first-order valence-corrected chi connectivity index (χ1v) is 15.8. The van der Waals surface area contributed by atoms with E-state index in [4.69, 9.17) is 30.5 Å². The van der Waals surface area contributed by atoms with E-state index in [2.05, 4.69) is 81.4 Å². The first-order chi connectivity index (χ1) is 21.0. The summed E-state index contributed by atoms with van der Waals surface area (Å²) < 4.78 is 26.1. The lowest BCUT2D eigenvalue weighted by molar-refractivity contribution is -0.235. The van der Waals surface area contributed by atoms with Crippen LogP contribution in [0.25, 0.3) is 0 Å². The average molecular weight is 599 g/mol. The van der Waals surface area contributed by atoms with Crippen LogP contribution in [0.4, 0.5) is 0 Å². The third-order valence-corrected chi connectivity index (χ3v) is 8.74. The molecular weight excluding hydrogens is 556 g/mol. The van der Waals surface area contributed by atoms with E-state index in [1.54, 1.807) is 0 Å². The molecule has 1 saturated heterocycles. The zero-order chi connectivity index (χ0) is 30.2. The van der Waals surface area contributed by atoms with Gasteiger partial charge in [-0.05, 0) is 78.3 Å². The second-order valence-corrected chi connectivity index (χ2v) is 11.8. The summed E-state index contributed by atoms with van der Waals surface area (Å²) in [5.41, 5.74) is 6.69. The van der Waals surface area contributed by atoms with Gasteiger partial charge in [0.25, 0.3) is 0 Å². The van der Waals surface area contributed by atoms with Crippen LogP contribution in [0, 0.1) is 12.8 Å². The normalized spacial score (nSPS) is 21.9. The lowest BCUT2D eigenvalue weighted by atomic mass is 9.83. The van der Waals surface area contributed by atoms with Crippen molar-refractivity contribution in [1.82, 2.24) is 0 Å². The van der Waals surface area contributed by atoms with E-state index >= 15 is 0 Å². The van der Waals surface area contributed by atoms with Crippen molar-refractivity contribution in [3.05, 3.63) is 135 Å². The van der Waals surface area contributed by atoms with Crippen LogP contribution >= 0.6 is 11.6 Å². The molecule has 1 aliphatic rings. The first-order valence-electron chi connectivity index (χ1n) is 15.4. The fraction of sp³-hybridized carbons (Fsp3) is 0.368. The molecule has 226 valence electrons. The van der Waals surface area contributed by atoms with Crippen molar-refractivity contribution in [1.29, 1.82) is 0 Å². The molecule has 0 aromatic heterocycles. The molecular formula is C38H43ClO4. The molecule has 0 bridgehead atoms. The minimum atomic E-state index is -0.306. The Hall–Kier alpha value is -3.15. The summed E-state index contributed by atoms with van der Waals surface area (Å²) in [7, 11) is 0. The fourth-order valence-electron chi connectivity index (χ4n) is 6.02. The molecule has 1 aliphatic heterocycles. The van der Waals surface area contributed by atoms with Crippen molar-refractivity contribution in [3.63, 3.8) is 0 Å². The Balaban J connectivity index is 1.48. The van der Waals surface area contributed by atoms with E-state index in [-0.39, 0.29) is 30.3 Å². The van der Waals surface area contributed by atoms with Gasteiger partial charge in [-0.25, -0.2) is 0 Å². The Bertz CT molecular complexity index is 1420. The molecule has 0 unspecified atom stereocenters. The Kier molecular flexibility index (Phi) is 10.9. The minimum Gasteiger partial charge on any atom is -0.494 e. The van der Waals surface area contributed by atoms with E-state index in [1.165, 1.54) is 5.56 Å². The molecule has 4 aromatic rings. The van der Waals surface area contributed by atoms with Crippen molar-refractivity contribution in [3.8, 4) is 5.75 Å². The summed E-state index contributed by atoms with van der Waals surface area (Å²) in [6.45, 7) is 10.2. The van der Waals surface area contributed by atoms with E-state index in [1.807, 2.05) is 43.3 Å². The second kappa shape index (κ2) is 15.0. The second-order valence-electron chi connectivity index (χ2n) is 11.4. The number of aryl methyl sites for hydroxylation is 1. The topological polar surface area (TPSA) is 36.9 Å². The molecule has 0 spiro atoms. The Morgan fingerprint density at radius 1 is 0.744 bits per heavy atom. The van der Waals surface area contributed by atoms with Crippen molar-refractivity contribution >= 4 is 11.6 Å². The molecule has 1 heterocycles. The predicted octanol–water partition coefficient (Wildman–Crippen LogP) is 9.29. The van der Waals surface area contributed by atoms with E-state index in [0.717, 1.165) is 45.0 Å². The largest absolute Gasteiger partial charge is 0.494 e. The number of benzene rings is 4. The van der Waals surface area contributed by atoms with Gasteiger partial charge in [-0.3, -0.25) is 0 Å². The van der Waals surface area contributed by atoms with E-state index in [9.17, 15) is 0 Å². The summed E-state index contributed by atoms with van der Waals surface area (Å²) in [5.74, 6) is 1.03. The summed E-state index contributed by atoms with van der Waals surface area (Å²) in [5, 5.41) is 0.755. The molecule has 4 aromatic carbocycles. The maximum absolute atomic E-state index is 6.92. The van der Waals surface area contributed by atoms with Gasteiger partial charge in [-0.15, -0.1) is 0 Å². The summed E-state index contributed by atoms with van der Waals surface area (Å²) in [6.07, 6.45) is 0.869. The molecule has 0 radical (unpaired) electrons. The van der Waals surface area contributed by atoms with Gasteiger partial charge in [-0.1, -0.05) is 104 Å². The van der Waals surface area contributed by atoms with Gasteiger partial charge in [0.2, 0.25) is 0 Å². The molecule has 5 heteroatoms. The molecule has 4 nitrogen and oxygen atoms in total. The van der Waals surface area contributed by atoms with Gasteiger partial charge >= 0.3 is 0 Å². The van der Waals surface area contributed by atoms with Crippen molar-refractivity contribution in [2.45, 2.75) is 78.2 Å². The molecule has 0 N–H and O–H groups in total. The molecule has 0 aliphatic carbocycles. The SMILES string of the molecule is CCOc1ccc(Cc2cc([C@@H]3O[C@H](CC)[C@@H](C)[C@H](OCc4ccccc4)[C@H]3OCc3ccccc3)c(C)cc2Cl)cc1. The quantitative estimate of drug-likeness (QED) is 0.163. The Labute approximate surface area is 261 Å². The van der Waals surface area contributed by atoms with Gasteiger partial charge in [-0.2, -0.15) is 0 Å². The first kappa shape index (κ1) is 31.3. The molecule has 43 heavy (non-hydrogen) atoms. The lowest BCUT2D eigenvalue weighted by Gasteiger charge is -2.46. The number of hydrogen-bond acceptors (Lipinski definition) is 4. The van der Waals surface area contributed by atoms with Crippen molar-refractivity contribution in [2.24, 2.45) is 5.92 Å². The highest BCUT2D eigenvalue weighted by atomic mass is 35.5. The highest BCUT2D eigenvalue weighted by Gasteiger charge is 2.46. The number of ether oxygens (including phenoxy) is 4. The average Bonchev–Trinajstić information content (AvgIpc) is 3.03. The van der Waals surface area contributed by atoms with Crippen LogP contribution in [0.3, 0.4) is 0 Å². The third kappa shape index (κ3) is 7.87. The maximum Gasteiger partial charge on any atom is 0.119 e. The van der Waals surface area contributed by atoms with Crippen molar-refractivity contribution < 1.29 is 18.9 Å². The molecule has 5 atom stereocenters. The van der Waals surface area contributed by atoms with Crippen LogP contribution in [-0.4, -0.2) is 24.9 Å². The Morgan fingerprint density at radius 2 is 1.35 bits per heavy atom. The van der Waals surface area contributed by atoms with Gasteiger partial charge in [0.05, 0.1) is 32.0 Å². The summed E-state index contributed by atoms with van der Waals surface area (Å²) in [4.78, 5) is 0. The number of rotatable bonds is 12. The molecule has 1 fully saturated rings. The van der Waals surface area contributed by atoms with Crippen LogP contribution in [0.1, 0.15) is 66.7 Å². The zero-order valence-electron chi connectivity index (χ0n) is 25.7. The summed E-state index contributed by atoms with van der Waals surface area (Å²) in [6, 6.07) is 33.2. The Morgan fingerprint density at radius 3 is 1.93 bits per heavy atom. The molecule has 0 saturated carbocycles. The zero-order valence-corrected chi connectivity index (χ0v) is 26.4. The highest BCUT2D eigenvalue weighted by molar-refractivity contribution is 6.31. The van der Waals surface area contributed by atoms with E-state index < -0.39 is 0 Å². The minimum absolute atomic E-state index is 0.0342. The lowest BCUT2D eigenvalue weighted by Crippen LogP contribution is -2.51. The van der Waals surface area contributed by atoms with Crippen LogP contribution < -0.4 is 4.74 Å². The summed E-state index contributed by atoms with van der Waals surface area (Å²) >= 11 is 6.85. The van der Waals surface area contributed by atoms with Crippen LogP contribution in [0.15, 0.2) is 97.1 Å². The monoisotopic (exact) mass is 598 g/mol. The standard InChI is InChI=1S/C38H43ClO4/c1-5-35-27(4)36(41-24-29-13-9-7-10-14-29)38(42-25-30-15-11-8-12-16-30)37(43-35)33-23-31(34(39)21-26(33)3)22-28-17-19-32(20-18-28)40-6-2/h7-21,23,27,35-38H,5-6,22,24-25H2,1-4H3/t27-,35-,36+,37+,38-/m1/s1. The number of hydrogen-bond donors (Lipinski definition) is 0. The maximum atomic E-state index is 6.92. The predicted molar refractivity (Wildman–Crippen MR) is 174 cm³/mol. The van der Waals surface area contributed by atoms with Gasteiger partial charge in [0, 0.05) is 10.9 Å². The molecule has 0 amide bonds. The van der Waals surface area contributed by atoms with Crippen LogP contribution in [-0.2, 0) is 33.8 Å². The number of halogens is 1. The fourth-order valence-corrected chi connectivity index (χ4v) is 6.31. The van der Waals surface area contributed by atoms with Crippen LogP contribution in [0.5, 0.6) is 5.75 Å². The highest BCUT2D eigenvalue weighted by Crippen LogP contribution is 2.42. The van der Waals surface area contributed by atoms with Crippen molar-refractivity contribution in [2.75, 3.05) is 6.61 Å². The van der Waals surface area contributed by atoms with Crippen LogP contribution in [0.2, 0.25) is 5.02 Å². The smallest absolute Gasteiger partial charge is 0.119 e. The van der Waals surface area contributed by atoms with Gasteiger partial charge in [0.15, 0.2) is 0 Å². The third-order valence-electron chi connectivity index (χ3n) is 8.39. The van der Waals surface area contributed by atoms with Gasteiger partial charge < -0.3 is 18.9 Å². The van der Waals surface area contributed by atoms with Gasteiger partial charge in [0.1, 0.15) is 18.0 Å². The van der Waals surface area contributed by atoms with E-state index in [0.29, 0.717) is 26.2 Å².